The Kier molecular flexibility index (Phi) is 4.35. The van der Waals surface area contributed by atoms with Gasteiger partial charge in [0.05, 0.1) is 5.56 Å². The molecule has 0 bridgehead atoms. The van der Waals surface area contributed by atoms with Crippen molar-refractivity contribution >= 4 is 5.78 Å². The normalized spacial score (nSPS) is 22.8. The van der Waals surface area contributed by atoms with E-state index in [0.29, 0.717) is 5.92 Å². The van der Waals surface area contributed by atoms with Gasteiger partial charge in [0, 0.05) is 5.92 Å². The average Bonchev–Trinajstić information content (AvgIpc) is 2.85. The molecule has 0 heterocycles. The lowest BCUT2D eigenvalue weighted by atomic mass is 9.94. The Balaban J connectivity index is 2.18. The number of benzene rings is 1. The monoisotopic (exact) mass is 286 g/mol. The van der Waals surface area contributed by atoms with E-state index in [0.717, 1.165) is 25.7 Å². The van der Waals surface area contributed by atoms with Crippen molar-refractivity contribution < 1.29 is 22.7 Å². The van der Waals surface area contributed by atoms with Gasteiger partial charge < -0.3 is 4.74 Å². The second-order valence-corrected chi connectivity index (χ2v) is 5.19. The number of alkyl halides is 3. The van der Waals surface area contributed by atoms with E-state index in [1.807, 2.05) is 0 Å². The van der Waals surface area contributed by atoms with Crippen molar-refractivity contribution in [2.45, 2.75) is 39.0 Å². The number of rotatable bonds is 4. The fourth-order valence-corrected chi connectivity index (χ4v) is 2.79. The molecule has 1 aliphatic rings. The van der Waals surface area contributed by atoms with Gasteiger partial charge in [-0.1, -0.05) is 25.5 Å². The van der Waals surface area contributed by atoms with Gasteiger partial charge >= 0.3 is 6.36 Å². The molecule has 0 amide bonds. The molecule has 5 heteroatoms. The maximum Gasteiger partial charge on any atom is 0.573 e. The third-order valence-corrected chi connectivity index (χ3v) is 3.87. The van der Waals surface area contributed by atoms with Crippen molar-refractivity contribution in [2.24, 2.45) is 11.8 Å². The summed E-state index contributed by atoms with van der Waals surface area (Å²) < 4.78 is 41.0. The van der Waals surface area contributed by atoms with E-state index in [-0.39, 0.29) is 17.3 Å². The highest BCUT2D eigenvalue weighted by molar-refractivity contribution is 6.00. The first-order valence-corrected chi connectivity index (χ1v) is 6.79. The molecule has 2 atom stereocenters. The highest BCUT2D eigenvalue weighted by atomic mass is 19.4. The Morgan fingerprint density at radius 3 is 2.60 bits per heavy atom. The molecule has 1 aliphatic carbocycles. The van der Waals surface area contributed by atoms with Crippen molar-refractivity contribution in [3.05, 3.63) is 29.8 Å². The molecule has 0 aliphatic heterocycles. The van der Waals surface area contributed by atoms with Gasteiger partial charge in [-0.2, -0.15) is 0 Å². The lowest BCUT2D eigenvalue weighted by Gasteiger charge is -2.15. The molecule has 0 aromatic heterocycles. The van der Waals surface area contributed by atoms with Gasteiger partial charge in [0.1, 0.15) is 5.75 Å². The van der Waals surface area contributed by atoms with Gasteiger partial charge in [0.2, 0.25) is 0 Å². The zero-order valence-electron chi connectivity index (χ0n) is 11.2. The molecule has 0 saturated heterocycles. The predicted molar refractivity (Wildman–Crippen MR) is 68.6 cm³/mol. The fourth-order valence-electron chi connectivity index (χ4n) is 2.79. The first-order valence-electron chi connectivity index (χ1n) is 6.79. The van der Waals surface area contributed by atoms with Crippen LogP contribution in [0.3, 0.4) is 0 Å². The van der Waals surface area contributed by atoms with Crippen LogP contribution >= 0.6 is 0 Å². The van der Waals surface area contributed by atoms with Crippen molar-refractivity contribution in [2.75, 3.05) is 0 Å². The second-order valence-electron chi connectivity index (χ2n) is 5.19. The van der Waals surface area contributed by atoms with E-state index in [2.05, 4.69) is 11.7 Å². The van der Waals surface area contributed by atoms with Crippen LogP contribution in [0.2, 0.25) is 0 Å². The van der Waals surface area contributed by atoms with Gasteiger partial charge in [-0.3, -0.25) is 4.79 Å². The van der Waals surface area contributed by atoms with E-state index >= 15 is 0 Å². The summed E-state index contributed by atoms with van der Waals surface area (Å²) in [6.07, 6.45) is -1.30. The van der Waals surface area contributed by atoms with Crippen LogP contribution in [0.1, 0.15) is 43.0 Å². The fraction of sp³-hybridized carbons (Fsp3) is 0.533. The number of hydrogen-bond acceptors (Lipinski definition) is 2. The topological polar surface area (TPSA) is 26.3 Å². The van der Waals surface area contributed by atoms with Crippen molar-refractivity contribution in [1.29, 1.82) is 0 Å². The summed E-state index contributed by atoms with van der Waals surface area (Å²) in [5.74, 6) is -0.316. The number of ketones is 1. The molecule has 0 spiro atoms. The Morgan fingerprint density at radius 1 is 1.30 bits per heavy atom. The Bertz CT molecular complexity index is 482. The van der Waals surface area contributed by atoms with Crippen LogP contribution in [0.5, 0.6) is 5.75 Å². The van der Waals surface area contributed by atoms with Gasteiger partial charge in [0.15, 0.2) is 5.78 Å². The first kappa shape index (κ1) is 14.9. The minimum absolute atomic E-state index is 0.0339. The van der Waals surface area contributed by atoms with Gasteiger partial charge in [0.25, 0.3) is 0 Å². The molecule has 2 unspecified atom stereocenters. The van der Waals surface area contributed by atoms with Crippen LogP contribution in [-0.4, -0.2) is 12.1 Å². The lowest BCUT2D eigenvalue weighted by molar-refractivity contribution is -0.274. The number of ether oxygens (including phenoxy) is 1. The van der Waals surface area contributed by atoms with E-state index in [1.165, 1.54) is 18.2 Å². The Hall–Kier alpha value is -1.52. The molecule has 110 valence electrons. The quantitative estimate of drug-likeness (QED) is 0.756. The molecular formula is C15H17F3O2. The summed E-state index contributed by atoms with van der Waals surface area (Å²) in [5.41, 5.74) is 0.0339. The van der Waals surface area contributed by atoms with Gasteiger partial charge in [-0.25, -0.2) is 0 Å². The Morgan fingerprint density at radius 2 is 2.00 bits per heavy atom. The summed E-state index contributed by atoms with van der Waals surface area (Å²) >= 11 is 0. The van der Waals surface area contributed by atoms with Crippen LogP contribution in [-0.2, 0) is 0 Å². The van der Waals surface area contributed by atoms with Crippen molar-refractivity contribution in [3.8, 4) is 5.75 Å². The molecule has 1 aromatic rings. The number of hydrogen-bond donors (Lipinski definition) is 0. The molecule has 0 N–H and O–H groups in total. The van der Waals surface area contributed by atoms with Crippen LogP contribution in [0.15, 0.2) is 24.3 Å². The second kappa shape index (κ2) is 5.85. The van der Waals surface area contributed by atoms with Gasteiger partial charge in [-0.15, -0.1) is 13.2 Å². The summed E-state index contributed by atoms with van der Waals surface area (Å²) in [6.45, 7) is 2.07. The number of carbonyl (C=O) groups excluding carboxylic acids is 1. The van der Waals surface area contributed by atoms with E-state index in [1.54, 1.807) is 6.07 Å². The zero-order valence-corrected chi connectivity index (χ0v) is 11.2. The smallest absolute Gasteiger partial charge is 0.405 e. The zero-order chi connectivity index (χ0) is 14.8. The van der Waals surface area contributed by atoms with Crippen molar-refractivity contribution in [1.82, 2.24) is 0 Å². The lowest BCUT2D eigenvalue weighted by Crippen LogP contribution is -2.20. The van der Waals surface area contributed by atoms with E-state index in [9.17, 15) is 18.0 Å². The molecule has 20 heavy (non-hydrogen) atoms. The number of carbonyl (C=O) groups is 1. The molecule has 1 fully saturated rings. The van der Waals surface area contributed by atoms with E-state index in [4.69, 9.17) is 0 Å². The third-order valence-electron chi connectivity index (χ3n) is 3.87. The van der Waals surface area contributed by atoms with E-state index < -0.39 is 12.1 Å². The van der Waals surface area contributed by atoms with Crippen molar-refractivity contribution in [3.63, 3.8) is 0 Å². The average molecular weight is 286 g/mol. The molecule has 2 nitrogen and oxygen atoms in total. The van der Waals surface area contributed by atoms with Crippen LogP contribution in [0.25, 0.3) is 0 Å². The summed E-state index contributed by atoms with van der Waals surface area (Å²) in [4.78, 5) is 12.4. The Labute approximate surface area is 115 Å². The van der Waals surface area contributed by atoms with Gasteiger partial charge in [-0.05, 0) is 37.3 Å². The summed E-state index contributed by atoms with van der Waals surface area (Å²) in [7, 11) is 0. The third kappa shape index (κ3) is 3.52. The SMILES string of the molecule is CCC1CCC(C(=O)c2ccccc2OC(F)(F)F)C1. The highest BCUT2D eigenvalue weighted by Crippen LogP contribution is 2.37. The molecular weight excluding hydrogens is 269 g/mol. The van der Waals surface area contributed by atoms with Crippen LogP contribution in [0.4, 0.5) is 13.2 Å². The molecule has 2 rings (SSSR count). The number of Topliss-reactive ketones (excluding diaryl/α,β-unsaturated/α-hetero) is 1. The van der Waals surface area contributed by atoms with Crippen LogP contribution in [0, 0.1) is 11.8 Å². The minimum atomic E-state index is -4.78. The maximum atomic E-state index is 12.4. The molecule has 1 saturated carbocycles. The largest absolute Gasteiger partial charge is 0.573 e. The molecule has 0 radical (unpaired) electrons. The summed E-state index contributed by atoms with van der Waals surface area (Å²) in [5, 5.41) is 0. The minimum Gasteiger partial charge on any atom is -0.405 e. The number of halogens is 3. The first-order chi connectivity index (χ1) is 9.40. The summed E-state index contributed by atoms with van der Waals surface area (Å²) in [6, 6.07) is 5.58. The number of para-hydroxylation sites is 1. The highest BCUT2D eigenvalue weighted by Gasteiger charge is 2.35. The molecule has 1 aromatic carbocycles. The maximum absolute atomic E-state index is 12.4. The standard InChI is InChI=1S/C15H17F3O2/c1-2-10-7-8-11(9-10)14(19)12-5-3-4-6-13(12)20-15(16,17)18/h3-6,10-11H,2,7-9H2,1H3. The van der Waals surface area contributed by atoms with Crippen LogP contribution < -0.4 is 4.74 Å². The predicted octanol–water partition coefficient (Wildman–Crippen LogP) is 4.59.